The summed E-state index contributed by atoms with van der Waals surface area (Å²) in [5.41, 5.74) is 1.15. The Morgan fingerprint density at radius 2 is 2.14 bits per heavy atom. The molecule has 0 N–H and O–H groups in total. The van der Waals surface area contributed by atoms with Crippen LogP contribution in [0, 0.1) is 12.7 Å². The first-order chi connectivity index (χ1) is 6.56. The normalized spacial score (nSPS) is 12.6. The number of halogens is 1. The maximum absolute atomic E-state index is 12.8. The lowest BCUT2D eigenvalue weighted by Crippen LogP contribution is -2.20. The molecule has 0 aliphatic rings. The summed E-state index contributed by atoms with van der Waals surface area (Å²) in [6, 6.07) is 4.11. The van der Waals surface area contributed by atoms with E-state index < -0.39 is 6.10 Å². The van der Waals surface area contributed by atoms with Gasteiger partial charge in [0, 0.05) is 12.7 Å². The number of hydrogen-bond acceptors (Lipinski definition) is 2. The summed E-state index contributed by atoms with van der Waals surface area (Å²) in [5, 5.41) is 0. The number of ketones is 1. The van der Waals surface area contributed by atoms with Crippen molar-refractivity contribution in [3.8, 4) is 0 Å². The molecule has 0 saturated carbocycles. The number of Topliss-reactive ketones (excluding diaryl/α,β-unsaturated/α-hetero) is 1. The Hall–Kier alpha value is -1.22. The van der Waals surface area contributed by atoms with Crippen molar-refractivity contribution in [1.82, 2.24) is 0 Å². The summed E-state index contributed by atoms with van der Waals surface area (Å²) < 4.78 is 17.7. The number of hydrogen-bond donors (Lipinski definition) is 0. The number of carbonyl (C=O) groups excluding carboxylic acids is 1. The average Bonchev–Trinajstić information content (AvgIpc) is 2.15. The third-order valence-corrected chi connectivity index (χ3v) is 2.18. The number of rotatable bonds is 3. The van der Waals surface area contributed by atoms with Gasteiger partial charge in [0.05, 0.1) is 0 Å². The molecule has 0 spiro atoms. The highest BCUT2D eigenvalue weighted by Crippen LogP contribution is 2.13. The number of ether oxygens (including phenoxy) is 1. The second kappa shape index (κ2) is 4.33. The Balaban J connectivity index is 3.02. The molecule has 0 aliphatic carbocycles. The van der Waals surface area contributed by atoms with Crippen LogP contribution in [0.2, 0.25) is 0 Å². The molecule has 76 valence electrons. The summed E-state index contributed by atoms with van der Waals surface area (Å²) in [5.74, 6) is -0.450. The summed E-state index contributed by atoms with van der Waals surface area (Å²) in [4.78, 5) is 11.7. The lowest BCUT2D eigenvalue weighted by atomic mass is 10.0. The molecule has 0 aliphatic heterocycles. The smallest absolute Gasteiger partial charge is 0.191 e. The zero-order valence-electron chi connectivity index (χ0n) is 8.50. The van der Waals surface area contributed by atoms with Crippen molar-refractivity contribution >= 4 is 5.78 Å². The monoisotopic (exact) mass is 196 g/mol. The van der Waals surface area contributed by atoms with Crippen LogP contribution in [0.5, 0.6) is 0 Å². The molecule has 0 radical (unpaired) electrons. The molecule has 2 nitrogen and oxygen atoms in total. The van der Waals surface area contributed by atoms with Crippen molar-refractivity contribution < 1.29 is 13.9 Å². The van der Waals surface area contributed by atoms with E-state index in [1.165, 1.54) is 25.3 Å². The van der Waals surface area contributed by atoms with Gasteiger partial charge in [-0.05, 0) is 37.6 Å². The van der Waals surface area contributed by atoms with E-state index in [1.54, 1.807) is 13.8 Å². The van der Waals surface area contributed by atoms with Crippen LogP contribution in [-0.4, -0.2) is 19.0 Å². The molecule has 1 unspecified atom stereocenters. The van der Waals surface area contributed by atoms with Crippen molar-refractivity contribution in [3.63, 3.8) is 0 Å². The number of benzene rings is 1. The first-order valence-corrected chi connectivity index (χ1v) is 4.39. The molecule has 1 rings (SSSR count). The van der Waals surface area contributed by atoms with Gasteiger partial charge >= 0.3 is 0 Å². The molecule has 0 aromatic heterocycles. The van der Waals surface area contributed by atoms with Crippen molar-refractivity contribution in [3.05, 3.63) is 35.1 Å². The molecule has 0 bridgehead atoms. The highest BCUT2D eigenvalue weighted by Gasteiger charge is 2.16. The molecule has 14 heavy (non-hydrogen) atoms. The van der Waals surface area contributed by atoms with Gasteiger partial charge in [-0.2, -0.15) is 0 Å². The topological polar surface area (TPSA) is 26.3 Å². The van der Waals surface area contributed by atoms with Crippen molar-refractivity contribution in [2.45, 2.75) is 20.0 Å². The van der Waals surface area contributed by atoms with Crippen LogP contribution in [0.25, 0.3) is 0 Å². The maximum atomic E-state index is 12.8. The van der Waals surface area contributed by atoms with E-state index in [1.807, 2.05) is 0 Å². The summed E-state index contributed by atoms with van der Waals surface area (Å²) >= 11 is 0. The van der Waals surface area contributed by atoms with Gasteiger partial charge in [0.15, 0.2) is 5.78 Å². The second-order valence-corrected chi connectivity index (χ2v) is 3.20. The van der Waals surface area contributed by atoms with Crippen LogP contribution < -0.4 is 0 Å². The van der Waals surface area contributed by atoms with Gasteiger partial charge in [0.2, 0.25) is 0 Å². The molecule has 3 heteroatoms. The van der Waals surface area contributed by atoms with E-state index in [0.29, 0.717) is 11.1 Å². The number of methoxy groups -OCH3 is 1. The third-order valence-electron chi connectivity index (χ3n) is 2.18. The van der Waals surface area contributed by atoms with Gasteiger partial charge in [-0.1, -0.05) is 0 Å². The summed E-state index contributed by atoms with van der Waals surface area (Å²) in [6.07, 6.45) is -0.487. The fourth-order valence-corrected chi connectivity index (χ4v) is 1.23. The molecule has 0 heterocycles. The minimum absolute atomic E-state index is 0.120. The third kappa shape index (κ3) is 2.17. The van der Waals surface area contributed by atoms with Crippen LogP contribution in [0.15, 0.2) is 18.2 Å². The van der Waals surface area contributed by atoms with E-state index in [-0.39, 0.29) is 11.6 Å². The van der Waals surface area contributed by atoms with Crippen LogP contribution in [0.4, 0.5) is 4.39 Å². The van der Waals surface area contributed by atoms with E-state index in [2.05, 4.69) is 0 Å². The van der Waals surface area contributed by atoms with Crippen molar-refractivity contribution in [1.29, 1.82) is 0 Å². The first-order valence-electron chi connectivity index (χ1n) is 4.39. The Labute approximate surface area is 82.7 Å². The Morgan fingerprint density at radius 3 is 2.64 bits per heavy atom. The lowest BCUT2D eigenvalue weighted by Gasteiger charge is -2.10. The first kappa shape index (κ1) is 10.9. The Morgan fingerprint density at radius 1 is 1.50 bits per heavy atom. The Kier molecular flexibility index (Phi) is 3.36. The fourth-order valence-electron chi connectivity index (χ4n) is 1.23. The predicted molar refractivity (Wildman–Crippen MR) is 51.9 cm³/mol. The van der Waals surface area contributed by atoms with Crippen LogP contribution in [0.1, 0.15) is 22.8 Å². The van der Waals surface area contributed by atoms with E-state index in [9.17, 15) is 9.18 Å². The number of carbonyl (C=O) groups is 1. The molecule has 0 fully saturated rings. The molecule has 0 amide bonds. The molecule has 1 aromatic carbocycles. The van der Waals surface area contributed by atoms with Gasteiger partial charge in [-0.15, -0.1) is 0 Å². The minimum atomic E-state index is -0.487. The van der Waals surface area contributed by atoms with Crippen LogP contribution in [0.3, 0.4) is 0 Å². The van der Waals surface area contributed by atoms with Crippen LogP contribution >= 0.6 is 0 Å². The van der Waals surface area contributed by atoms with Crippen LogP contribution in [-0.2, 0) is 4.74 Å². The van der Waals surface area contributed by atoms with E-state index in [0.717, 1.165) is 0 Å². The second-order valence-electron chi connectivity index (χ2n) is 3.20. The zero-order chi connectivity index (χ0) is 10.7. The molecule has 1 aromatic rings. The van der Waals surface area contributed by atoms with Gasteiger partial charge < -0.3 is 4.74 Å². The van der Waals surface area contributed by atoms with Crippen molar-refractivity contribution in [2.24, 2.45) is 0 Å². The van der Waals surface area contributed by atoms with Gasteiger partial charge in [0.25, 0.3) is 0 Å². The SMILES string of the molecule is COC(C)C(=O)c1ccc(F)cc1C. The standard InChI is InChI=1S/C11H13FO2/c1-7-6-9(12)4-5-10(7)11(13)8(2)14-3/h4-6,8H,1-3H3. The predicted octanol–water partition coefficient (Wildman–Crippen LogP) is 2.35. The van der Waals surface area contributed by atoms with Gasteiger partial charge in [0.1, 0.15) is 11.9 Å². The van der Waals surface area contributed by atoms with Gasteiger partial charge in [-0.3, -0.25) is 4.79 Å². The van der Waals surface area contributed by atoms with Crippen molar-refractivity contribution in [2.75, 3.05) is 7.11 Å². The summed E-state index contributed by atoms with van der Waals surface area (Å²) in [6.45, 7) is 3.38. The van der Waals surface area contributed by atoms with Gasteiger partial charge in [-0.25, -0.2) is 4.39 Å². The average molecular weight is 196 g/mol. The molecule has 0 saturated heterocycles. The van der Waals surface area contributed by atoms with E-state index in [4.69, 9.17) is 4.74 Å². The highest BCUT2D eigenvalue weighted by molar-refractivity contribution is 6.00. The lowest BCUT2D eigenvalue weighted by molar-refractivity contribution is 0.0655. The van der Waals surface area contributed by atoms with E-state index >= 15 is 0 Å². The maximum Gasteiger partial charge on any atom is 0.191 e. The minimum Gasteiger partial charge on any atom is -0.374 e. The quantitative estimate of drug-likeness (QED) is 0.693. The molecule has 1 atom stereocenters. The molecular weight excluding hydrogens is 183 g/mol. The fraction of sp³-hybridized carbons (Fsp3) is 0.364. The number of aryl methyl sites for hydroxylation is 1. The Bertz CT molecular complexity index is 347. The summed E-state index contributed by atoms with van der Waals surface area (Å²) in [7, 11) is 1.47. The molecular formula is C11H13FO2. The highest BCUT2D eigenvalue weighted by atomic mass is 19.1. The largest absolute Gasteiger partial charge is 0.374 e. The zero-order valence-corrected chi connectivity index (χ0v) is 8.50.